The lowest BCUT2D eigenvalue weighted by molar-refractivity contribution is 0.0937. The molecule has 0 aromatic heterocycles. The Morgan fingerprint density at radius 1 is 1.04 bits per heavy atom. The molecule has 120 valence electrons. The molecule has 2 aromatic carbocycles. The maximum atomic E-state index is 12.2. The SMILES string of the molecule is CCC(C)NC(=O)c1ccc(C(=O)Nc2cccc(Br)c2)cc1. The third-order valence-corrected chi connectivity index (χ3v) is 3.97. The van der Waals surface area contributed by atoms with E-state index in [1.54, 1.807) is 24.3 Å². The third kappa shape index (κ3) is 4.93. The van der Waals surface area contributed by atoms with Crippen LogP contribution in [0, 0.1) is 0 Å². The van der Waals surface area contributed by atoms with Crippen molar-refractivity contribution in [3.63, 3.8) is 0 Å². The number of rotatable bonds is 5. The summed E-state index contributed by atoms with van der Waals surface area (Å²) in [5.74, 6) is -0.338. The quantitative estimate of drug-likeness (QED) is 0.822. The lowest BCUT2D eigenvalue weighted by Crippen LogP contribution is -2.31. The Bertz CT molecular complexity index is 698. The minimum atomic E-state index is -0.211. The Kier molecular flexibility index (Phi) is 5.93. The Hall–Kier alpha value is -2.14. The summed E-state index contributed by atoms with van der Waals surface area (Å²) in [6.45, 7) is 3.97. The Balaban J connectivity index is 2.04. The van der Waals surface area contributed by atoms with Crippen LogP contribution in [0.1, 0.15) is 41.0 Å². The van der Waals surface area contributed by atoms with E-state index in [9.17, 15) is 9.59 Å². The fourth-order valence-electron chi connectivity index (χ4n) is 1.95. The van der Waals surface area contributed by atoms with E-state index in [0.29, 0.717) is 16.8 Å². The molecule has 23 heavy (non-hydrogen) atoms. The highest BCUT2D eigenvalue weighted by Gasteiger charge is 2.11. The standard InChI is InChI=1S/C18H19BrN2O2/c1-3-12(2)20-17(22)13-7-9-14(10-8-13)18(23)21-16-6-4-5-15(19)11-16/h4-12H,3H2,1-2H3,(H,20,22)(H,21,23). The molecule has 0 heterocycles. The number of benzene rings is 2. The number of hydrogen-bond donors (Lipinski definition) is 2. The Morgan fingerprint density at radius 2 is 1.65 bits per heavy atom. The highest BCUT2D eigenvalue weighted by atomic mass is 79.9. The number of anilines is 1. The zero-order valence-corrected chi connectivity index (χ0v) is 14.7. The van der Waals surface area contributed by atoms with Gasteiger partial charge in [0, 0.05) is 27.3 Å². The van der Waals surface area contributed by atoms with E-state index >= 15 is 0 Å². The molecule has 2 amide bonds. The van der Waals surface area contributed by atoms with Crippen molar-refractivity contribution in [2.45, 2.75) is 26.3 Å². The van der Waals surface area contributed by atoms with Gasteiger partial charge in [0.2, 0.25) is 0 Å². The summed E-state index contributed by atoms with van der Waals surface area (Å²) in [6.07, 6.45) is 0.874. The van der Waals surface area contributed by atoms with Crippen molar-refractivity contribution >= 4 is 33.4 Å². The number of nitrogens with one attached hydrogen (secondary N) is 2. The van der Waals surface area contributed by atoms with Gasteiger partial charge in [0.1, 0.15) is 0 Å². The fraction of sp³-hybridized carbons (Fsp3) is 0.222. The molecule has 2 rings (SSSR count). The smallest absolute Gasteiger partial charge is 0.255 e. The maximum absolute atomic E-state index is 12.2. The van der Waals surface area contributed by atoms with Gasteiger partial charge in [-0.15, -0.1) is 0 Å². The third-order valence-electron chi connectivity index (χ3n) is 3.48. The van der Waals surface area contributed by atoms with Crippen molar-refractivity contribution in [2.24, 2.45) is 0 Å². The molecule has 0 aliphatic carbocycles. The largest absolute Gasteiger partial charge is 0.350 e. The molecular weight excluding hydrogens is 356 g/mol. The zero-order chi connectivity index (χ0) is 16.8. The second kappa shape index (κ2) is 7.92. The van der Waals surface area contributed by atoms with Gasteiger partial charge in [0.15, 0.2) is 0 Å². The first-order valence-corrected chi connectivity index (χ1v) is 8.26. The van der Waals surface area contributed by atoms with Gasteiger partial charge in [0.05, 0.1) is 0 Å². The summed E-state index contributed by atoms with van der Waals surface area (Å²) in [5.41, 5.74) is 1.76. The summed E-state index contributed by atoms with van der Waals surface area (Å²) in [6, 6.07) is 14.1. The lowest BCUT2D eigenvalue weighted by atomic mass is 10.1. The van der Waals surface area contributed by atoms with Gasteiger partial charge in [-0.05, 0) is 55.8 Å². The number of carbonyl (C=O) groups excluding carboxylic acids is 2. The van der Waals surface area contributed by atoms with Gasteiger partial charge in [0.25, 0.3) is 11.8 Å². The first-order chi connectivity index (χ1) is 11.0. The van der Waals surface area contributed by atoms with Crippen LogP contribution >= 0.6 is 15.9 Å². The zero-order valence-electron chi connectivity index (χ0n) is 13.1. The van der Waals surface area contributed by atoms with Gasteiger partial charge < -0.3 is 10.6 Å². The highest BCUT2D eigenvalue weighted by molar-refractivity contribution is 9.10. The summed E-state index contributed by atoms with van der Waals surface area (Å²) in [5, 5.41) is 5.72. The molecule has 0 saturated carbocycles. The normalized spacial score (nSPS) is 11.6. The van der Waals surface area contributed by atoms with Crippen LogP contribution in [0.3, 0.4) is 0 Å². The summed E-state index contributed by atoms with van der Waals surface area (Å²) >= 11 is 3.36. The average molecular weight is 375 g/mol. The van der Waals surface area contributed by atoms with Gasteiger partial charge in [-0.2, -0.15) is 0 Å². The summed E-state index contributed by atoms with van der Waals surface area (Å²) < 4.78 is 0.896. The van der Waals surface area contributed by atoms with Crippen molar-refractivity contribution in [3.8, 4) is 0 Å². The number of hydrogen-bond acceptors (Lipinski definition) is 2. The first-order valence-electron chi connectivity index (χ1n) is 7.47. The molecular formula is C18H19BrN2O2. The van der Waals surface area contributed by atoms with Crippen LogP contribution in [0.2, 0.25) is 0 Å². The number of halogens is 1. The molecule has 0 aliphatic rings. The minimum Gasteiger partial charge on any atom is -0.350 e. The van der Waals surface area contributed by atoms with Crippen molar-refractivity contribution in [1.82, 2.24) is 5.32 Å². The van der Waals surface area contributed by atoms with Crippen LogP contribution in [-0.2, 0) is 0 Å². The van der Waals surface area contributed by atoms with Crippen molar-refractivity contribution < 1.29 is 9.59 Å². The molecule has 0 saturated heterocycles. The van der Waals surface area contributed by atoms with Crippen LogP contribution in [0.4, 0.5) is 5.69 Å². The van der Waals surface area contributed by atoms with Gasteiger partial charge in [-0.1, -0.05) is 28.9 Å². The van der Waals surface area contributed by atoms with E-state index in [1.807, 2.05) is 38.1 Å². The molecule has 2 N–H and O–H groups in total. The average Bonchev–Trinajstić information content (AvgIpc) is 2.54. The minimum absolute atomic E-state index is 0.127. The summed E-state index contributed by atoms with van der Waals surface area (Å²) in [7, 11) is 0. The summed E-state index contributed by atoms with van der Waals surface area (Å²) in [4.78, 5) is 24.2. The maximum Gasteiger partial charge on any atom is 0.255 e. The van der Waals surface area contributed by atoms with Crippen molar-refractivity contribution in [1.29, 1.82) is 0 Å². The first kappa shape index (κ1) is 17.2. The van der Waals surface area contributed by atoms with Crippen LogP contribution in [0.5, 0.6) is 0 Å². The number of amides is 2. The van der Waals surface area contributed by atoms with E-state index in [2.05, 4.69) is 26.6 Å². The van der Waals surface area contributed by atoms with Gasteiger partial charge in [-0.3, -0.25) is 9.59 Å². The van der Waals surface area contributed by atoms with E-state index in [1.165, 1.54) is 0 Å². The van der Waals surface area contributed by atoms with Crippen LogP contribution in [0.25, 0.3) is 0 Å². The molecule has 0 bridgehead atoms. The van der Waals surface area contributed by atoms with Crippen LogP contribution in [-0.4, -0.2) is 17.9 Å². The molecule has 1 unspecified atom stereocenters. The second-order valence-electron chi connectivity index (χ2n) is 5.32. The molecule has 0 fully saturated rings. The molecule has 0 aliphatic heterocycles. The molecule has 2 aromatic rings. The van der Waals surface area contributed by atoms with Crippen molar-refractivity contribution in [2.75, 3.05) is 5.32 Å². The molecule has 0 spiro atoms. The molecule has 5 heteroatoms. The van der Waals surface area contributed by atoms with E-state index in [4.69, 9.17) is 0 Å². The van der Waals surface area contributed by atoms with E-state index < -0.39 is 0 Å². The Labute approximate surface area is 144 Å². The molecule has 0 radical (unpaired) electrons. The molecule has 4 nitrogen and oxygen atoms in total. The van der Waals surface area contributed by atoms with Crippen LogP contribution in [0.15, 0.2) is 53.0 Å². The van der Waals surface area contributed by atoms with E-state index in [0.717, 1.165) is 10.9 Å². The van der Waals surface area contributed by atoms with Gasteiger partial charge >= 0.3 is 0 Å². The van der Waals surface area contributed by atoms with Crippen LogP contribution < -0.4 is 10.6 Å². The van der Waals surface area contributed by atoms with E-state index in [-0.39, 0.29) is 17.9 Å². The van der Waals surface area contributed by atoms with Gasteiger partial charge in [-0.25, -0.2) is 0 Å². The van der Waals surface area contributed by atoms with Crippen molar-refractivity contribution in [3.05, 3.63) is 64.1 Å². The fourth-order valence-corrected chi connectivity index (χ4v) is 2.35. The second-order valence-corrected chi connectivity index (χ2v) is 6.24. The molecule has 1 atom stereocenters. The Morgan fingerprint density at radius 3 is 2.22 bits per heavy atom. The highest BCUT2D eigenvalue weighted by Crippen LogP contribution is 2.16. The number of carbonyl (C=O) groups is 2. The topological polar surface area (TPSA) is 58.2 Å². The lowest BCUT2D eigenvalue weighted by Gasteiger charge is -2.11. The monoisotopic (exact) mass is 374 g/mol. The predicted molar refractivity (Wildman–Crippen MR) is 95.8 cm³/mol. The predicted octanol–water partition coefficient (Wildman–Crippen LogP) is 4.23.